The van der Waals surface area contributed by atoms with E-state index in [1.54, 1.807) is 24.3 Å². The molecule has 150 valence electrons. The molecule has 0 aromatic heterocycles. The molecule has 3 rings (SSSR count). The zero-order chi connectivity index (χ0) is 20.8. The van der Waals surface area contributed by atoms with E-state index in [9.17, 15) is 17.6 Å². The van der Waals surface area contributed by atoms with Gasteiger partial charge in [-0.2, -0.15) is 0 Å². The number of hydrogen-bond acceptors (Lipinski definition) is 0. The van der Waals surface area contributed by atoms with Gasteiger partial charge in [0.15, 0.2) is 23.3 Å². The molecule has 3 aromatic rings. The van der Waals surface area contributed by atoms with Crippen LogP contribution >= 0.6 is 0 Å². The van der Waals surface area contributed by atoms with Gasteiger partial charge in [-0.15, -0.1) is 0 Å². The highest BCUT2D eigenvalue weighted by atomic mass is 19.2. The molecule has 0 fully saturated rings. The van der Waals surface area contributed by atoms with E-state index in [1.165, 1.54) is 6.07 Å². The fraction of sp³-hybridized carbons (Fsp3) is 0.280. The van der Waals surface area contributed by atoms with Gasteiger partial charge >= 0.3 is 0 Å². The number of hydrogen-bond donors (Lipinski definition) is 0. The van der Waals surface area contributed by atoms with E-state index >= 15 is 0 Å². The molecule has 0 radical (unpaired) electrons. The van der Waals surface area contributed by atoms with Crippen molar-refractivity contribution in [2.75, 3.05) is 0 Å². The van der Waals surface area contributed by atoms with Gasteiger partial charge in [0.05, 0.1) is 5.56 Å². The first-order chi connectivity index (χ1) is 14.0. The lowest BCUT2D eigenvalue weighted by molar-refractivity contribution is 0.493. The Bertz CT molecular complexity index is 1070. The van der Waals surface area contributed by atoms with E-state index < -0.39 is 23.3 Å². The third kappa shape index (κ3) is 5.17. The Kier molecular flexibility index (Phi) is 6.93. The standard InChI is InChI=1S/C25H22F4/c1-2-3-4-5-6-7-18-12-13-19(25(29)24(18)28)10-8-17-9-11-20-15-22(26)23(27)16-21(20)14-17/h9,11-16H,2-7H2,1H3. The lowest BCUT2D eigenvalue weighted by atomic mass is 10.0. The van der Waals surface area contributed by atoms with Crippen LogP contribution in [0.4, 0.5) is 17.6 Å². The summed E-state index contributed by atoms with van der Waals surface area (Å²) >= 11 is 0. The number of halogens is 4. The minimum absolute atomic E-state index is 0.0254. The maximum Gasteiger partial charge on any atom is 0.174 e. The monoisotopic (exact) mass is 398 g/mol. The van der Waals surface area contributed by atoms with Crippen molar-refractivity contribution in [3.05, 3.63) is 82.4 Å². The molecule has 0 amide bonds. The second-order valence-electron chi connectivity index (χ2n) is 7.14. The molecular weight excluding hydrogens is 376 g/mol. The predicted molar refractivity (Wildman–Crippen MR) is 109 cm³/mol. The Morgan fingerprint density at radius 3 is 2.17 bits per heavy atom. The zero-order valence-corrected chi connectivity index (χ0v) is 16.3. The summed E-state index contributed by atoms with van der Waals surface area (Å²) in [5, 5.41) is 1.02. The van der Waals surface area contributed by atoms with E-state index in [1.807, 2.05) is 0 Å². The second kappa shape index (κ2) is 9.60. The van der Waals surface area contributed by atoms with Crippen molar-refractivity contribution in [2.24, 2.45) is 0 Å². The van der Waals surface area contributed by atoms with Crippen molar-refractivity contribution in [3.63, 3.8) is 0 Å². The molecule has 0 aliphatic heterocycles. The molecule has 0 bridgehead atoms. The van der Waals surface area contributed by atoms with Gasteiger partial charge in [0, 0.05) is 5.56 Å². The van der Waals surface area contributed by atoms with E-state index in [4.69, 9.17) is 0 Å². The van der Waals surface area contributed by atoms with Crippen LogP contribution in [0.25, 0.3) is 10.8 Å². The molecular formula is C25H22F4. The number of unbranched alkanes of at least 4 members (excludes halogenated alkanes) is 4. The normalized spacial score (nSPS) is 10.8. The highest BCUT2D eigenvalue weighted by molar-refractivity contribution is 5.84. The Morgan fingerprint density at radius 2 is 1.41 bits per heavy atom. The summed E-state index contributed by atoms with van der Waals surface area (Å²) in [6, 6.07) is 10.1. The number of fused-ring (bicyclic) bond motifs is 1. The van der Waals surface area contributed by atoms with Crippen LogP contribution in [-0.4, -0.2) is 0 Å². The molecule has 4 heteroatoms. The molecule has 0 aliphatic carbocycles. The molecule has 0 saturated carbocycles. The molecule has 0 N–H and O–H groups in total. The zero-order valence-electron chi connectivity index (χ0n) is 16.3. The summed E-state index contributed by atoms with van der Waals surface area (Å²) in [4.78, 5) is 0. The van der Waals surface area contributed by atoms with Crippen molar-refractivity contribution in [3.8, 4) is 11.8 Å². The Morgan fingerprint density at radius 1 is 0.690 bits per heavy atom. The van der Waals surface area contributed by atoms with Gasteiger partial charge in [0.1, 0.15) is 0 Å². The van der Waals surface area contributed by atoms with E-state index in [-0.39, 0.29) is 5.56 Å². The fourth-order valence-corrected chi connectivity index (χ4v) is 3.26. The van der Waals surface area contributed by atoms with Crippen LogP contribution in [0.5, 0.6) is 0 Å². The average Bonchev–Trinajstić information content (AvgIpc) is 2.71. The maximum atomic E-state index is 14.4. The van der Waals surface area contributed by atoms with E-state index in [0.717, 1.165) is 44.2 Å². The van der Waals surface area contributed by atoms with Crippen molar-refractivity contribution in [2.45, 2.75) is 45.4 Å². The molecule has 29 heavy (non-hydrogen) atoms. The third-order valence-electron chi connectivity index (χ3n) is 4.93. The Labute approximate surface area is 168 Å². The lowest BCUT2D eigenvalue weighted by Gasteiger charge is -2.05. The van der Waals surface area contributed by atoms with Crippen LogP contribution < -0.4 is 0 Å². The van der Waals surface area contributed by atoms with Gasteiger partial charge in [0.25, 0.3) is 0 Å². The first-order valence-electron chi connectivity index (χ1n) is 9.87. The average molecular weight is 398 g/mol. The lowest BCUT2D eigenvalue weighted by Crippen LogP contribution is -1.98. The minimum atomic E-state index is -0.947. The summed E-state index contributed by atoms with van der Waals surface area (Å²) in [7, 11) is 0. The van der Waals surface area contributed by atoms with Gasteiger partial charge in [-0.3, -0.25) is 0 Å². The van der Waals surface area contributed by atoms with Crippen molar-refractivity contribution in [1.29, 1.82) is 0 Å². The topological polar surface area (TPSA) is 0 Å². The Balaban J connectivity index is 1.77. The largest absolute Gasteiger partial charge is 0.204 e. The van der Waals surface area contributed by atoms with Crippen LogP contribution in [0, 0.1) is 35.1 Å². The highest BCUT2D eigenvalue weighted by Gasteiger charge is 2.12. The van der Waals surface area contributed by atoms with Crippen LogP contribution in [0.2, 0.25) is 0 Å². The molecule has 0 unspecified atom stereocenters. The summed E-state index contributed by atoms with van der Waals surface area (Å²) in [6.45, 7) is 2.13. The first-order valence-corrected chi connectivity index (χ1v) is 9.87. The van der Waals surface area contributed by atoms with Gasteiger partial charge < -0.3 is 0 Å². The molecule has 0 saturated heterocycles. The van der Waals surface area contributed by atoms with Crippen LogP contribution in [0.1, 0.15) is 55.7 Å². The number of aryl methyl sites for hydroxylation is 1. The van der Waals surface area contributed by atoms with E-state index in [0.29, 0.717) is 28.3 Å². The molecule has 0 nitrogen and oxygen atoms in total. The summed E-state index contributed by atoms with van der Waals surface area (Å²) in [5.74, 6) is 1.76. The van der Waals surface area contributed by atoms with Gasteiger partial charge in [-0.05, 0) is 59.5 Å². The quantitative estimate of drug-likeness (QED) is 0.232. The maximum absolute atomic E-state index is 14.4. The van der Waals surface area contributed by atoms with Crippen molar-refractivity contribution in [1.82, 2.24) is 0 Å². The highest BCUT2D eigenvalue weighted by Crippen LogP contribution is 2.21. The molecule has 0 atom stereocenters. The number of rotatable bonds is 6. The van der Waals surface area contributed by atoms with Gasteiger partial charge in [0.2, 0.25) is 0 Å². The first kappa shape index (κ1) is 20.9. The number of benzene rings is 3. The molecule has 0 aliphatic rings. The molecule has 3 aromatic carbocycles. The van der Waals surface area contributed by atoms with E-state index in [2.05, 4.69) is 18.8 Å². The summed E-state index contributed by atoms with van der Waals surface area (Å²) < 4.78 is 55.4. The van der Waals surface area contributed by atoms with Crippen molar-refractivity contribution < 1.29 is 17.6 Å². The summed E-state index contributed by atoms with van der Waals surface area (Å²) in [6.07, 6.45) is 5.74. The van der Waals surface area contributed by atoms with Gasteiger partial charge in [-0.25, -0.2) is 17.6 Å². The second-order valence-corrected chi connectivity index (χ2v) is 7.14. The van der Waals surface area contributed by atoms with Crippen molar-refractivity contribution >= 4 is 10.8 Å². The molecule has 0 heterocycles. The Hall–Kier alpha value is -2.80. The predicted octanol–water partition coefficient (Wildman–Crippen LogP) is 7.31. The molecule has 0 spiro atoms. The van der Waals surface area contributed by atoms with Gasteiger partial charge in [-0.1, -0.05) is 56.6 Å². The van der Waals surface area contributed by atoms with Crippen LogP contribution in [0.3, 0.4) is 0 Å². The minimum Gasteiger partial charge on any atom is -0.204 e. The van der Waals surface area contributed by atoms with Crippen LogP contribution in [0.15, 0.2) is 42.5 Å². The summed E-state index contributed by atoms with van der Waals surface area (Å²) in [5.41, 5.74) is 0.846. The third-order valence-corrected chi connectivity index (χ3v) is 4.93. The van der Waals surface area contributed by atoms with Crippen LogP contribution in [-0.2, 0) is 6.42 Å². The fourth-order valence-electron chi connectivity index (χ4n) is 3.26. The smallest absolute Gasteiger partial charge is 0.174 e. The SMILES string of the molecule is CCCCCCCc1ccc(C#Cc2ccc3cc(F)c(F)cc3c2)c(F)c1F.